The van der Waals surface area contributed by atoms with Crippen molar-refractivity contribution >= 4 is 6.29 Å². The highest BCUT2D eigenvalue weighted by Crippen LogP contribution is 2.29. The number of para-hydroxylation sites is 1. The third kappa shape index (κ3) is 4.47. The number of aldehydes is 1. The van der Waals surface area contributed by atoms with Crippen LogP contribution in [0.3, 0.4) is 0 Å². The van der Waals surface area contributed by atoms with Gasteiger partial charge in [0.2, 0.25) is 0 Å². The molecule has 2 atom stereocenters. The minimum absolute atomic E-state index is 0.548. The number of nitrogens with one attached hydrogen (secondary N) is 1. The second-order valence-corrected chi connectivity index (χ2v) is 6.55. The van der Waals surface area contributed by atoms with E-state index in [1.165, 1.54) is 19.5 Å². The van der Waals surface area contributed by atoms with Gasteiger partial charge in [0.25, 0.3) is 0 Å². The van der Waals surface area contributed by atoms with E-state index in [4.69, 9.17) is 9.47 Å². The van der Waals surface area contributed by atoms with Crippen LogP contribution >= 0.6 is 0 Å². The van der Waals surface area contributed by atoms with Crippen molar-refractivity contribution in [3.63, 3.8) is 0 Å². The van der Waals surface area contributed by atoms with Gasteiger partial charge in [-0.3, -0.25) is 4.79 Å². The van der Waals surface area contributed by atoms with Gasteiger partial charge >= 0.3 is 0 Å². The lowest BCUT2D eigenvalue weighted by Gasteiger charge is -2.32. The first-order valence-corrected chi connectivity index (χ1v) is 8.22. The normalized spacial score (nSPS) is 24.8. The van der Waals surface area contributed by atoms with Gasteiger partial charge in [0.1, 0.15) is 0 Å². The Morgan fingerprint density at radius 1 is 1.27 bits per heavy atom. The van der Waals surface area contributed by atoms with Crippen LogP contribution in [-0.2, 0) is 0 Å². The standard InChI is InChI=1S/C18H27NO3/c1-14-10-15(2)12-19(11-14)8-5-9-22-18-16(13-20)6-4-7-17(18)21-3/h4,6-7,13-15H,5,8-12H2,1-3H3/p+1/t14-,15-/m0/s1. The van der Waals surface area contributed by atoms with Gasteiger partial charge in [-0.05, 0) is 18.6 Å². The van der Waals surface area contributed by atoms with Crippen molar-refractivity contribution in [3.05, 3.63) is 23.8 Å². The number of rotatable bonds is 7. The van der Waals surface area contributed by atoms with Gasteiger partial charge < -0.3 is 14.4 Å². The van der Waals surface area contributed by atoms with Crippen molar-refractivity contribution < 1.29 is 19.2 Å². The fourth-order valence-electron chi connectivity index (χ4n) is 3.56. The molecule has 0 amide bonds. The largest absolute Gasteiger partial charge is 0.493 e. The molecular formula is C18H28NO3+. The Labute approximate surface area is 133 Å². The quantitative estimate of drug-likeness (QED) is 0.617. The van der Waals surface area contributed by atoms with Crippen LogP contribution < -0.4 is 14.4 Å². The average molecular weight is 306 g/mol. The summed E-state index contributed by atoms with van der Waals surface area (Å²) in [6, 6.07) is 5.38. The van der Waals surface area contributed by atoms with E-state index in [9.17, 15) is 4.79 Å². The molecule has 1 N–H and O–H groups in total. The zero-order chi connectivity index (χ0) is 15.9. The van der Waals surface area contributed by atoms with E-state index in [-0.39, 0.29) is 0 Å². The SMILES string of the molecule is COc1cccc(C=O)c1OCCC[NH+]1C[C@@H](C)C[C@H](C)C1. The van der Waals surface area contributed by atoms with Crippen LogP contribution in [0.2, 0.25) is 0 Å². The molecule has 4 heteroatoms. The molecule has 1 aliphatic rings. The predicted molar refractivity (Wildman–Crippen MR) is 87.0 cm³/mol. The van der Waals surface area contributed by atoms with Crippen molar-refractivity contribution in [1.82, 2.24) is 0 Å². The molecule has 0 saturated carbocycles. The first-order valence-electron chi connectivity index (χ1n) is 8.22. The van der Waals surface area contributed by atoms with Crippen molar-refractivity contribution in [3.8, 4) is 11.5 Å². The topological polar surface area (TPSA) is 40.0 Å². The molecule has 0 aliphatic carbocycles. The summed E-state index contributed by atoms with van der Waals surface area (Å²) in [5.74, 6) is 2.82. The zero-order valence-corrected chi connectivity index (χ0v) is 13.9. The van der Waals surface area contributed by atoms with Gasteiger partial charge in [-0.2, -0.15) is 0 Å². The predicted octanol–water partition coefficient (Wildman–Crippen LogP) is 1.84. The summed E-state index contributed by atoms with van der Waals surface area (Å²) in [5.41, 5.74) is 0.548. The average Bonchev–Trinajstić information content (AvgIpc) is 2.50. The fourth-order valence-corrected chi connectivity index (χ4v) is 3.56. The lowest BCUT2D eigenvalue weighted by molar-refractivity contribution is -0.912. The Balaban J connectivity index is 1.83. The third-order valence-electron chi connectivity index (χ3n) is 4.36. The van der Waals surface area contributed by atoms with E-state index in [1.54, 1.807) is 24.1 Å². The molecule has 1 fully saturated rings. The number of piperidine rings is 1. The Kier molecular flexibility index (Phi) is 6.25. The summed E-state index contributed by atoms with van der Waals surface area (Å²) < 4.78 is 11.1. The third-order valence-corrected chi connectivity index (χ3v) is 4.36. The molecule has 0 unspecified atom stereocenters. The number of hydrogen-bond donors (Lipinski definition) is 1. The summed E-state index contributed by atoms with van der Waals surface area (Å²) in [4.78, 5) is 12.8. The number of carbonyl (C=O) groups is 1. The van der Waals surface area contributed by atoms with Crippen molar-refractivity contribution in [2.75, 3.05) is 33.4 Å². The zero-order valence-electron chi connectivity index (χ0n) is 13.9. The Morgan fingerprint density at radius 2 is 2.00 bits per heavy atom. The van der Waals surface area contributed by atoms with Crippen molar-refractivity contribution in [1.29, 1.82) is 0 Å². The van der Waals surface area contributed by atoms with Gasteiger partial charge in [-0.25, -0.2) is 0 Å². The maximum Gasteiger partial charge on any atom is 0.171 e. The van der Waals surface area contributed by atoms with Crippen LogP contribution in [0.5, 0.6) is 11.5 Å². The summed E-state index contributed by atoms with van der Waals surface area (Å²) in [5, 5.41) is 0. The van der Waals surface area contributed by atoms with Crippen LogP contribution in [0, 0.1) is 11.8 Å². The minimum Gasteiger partial charge on any atom is -0.493 e. The lowest BCUT2D eigenvalue weighted by Crippen LogP contribution is -3.14. The molecule has 4 nitrogen and oxygen atoms in total. The van der Waals surface area contributed by atoms with Crippen LogP contribution in [0.1, 0.15) is 37.0 Å². The molecule has 0 bridgehead atoms. The number of likely N-dealkylation sites (tertiary alicyclic amines) is 1. The van der Waals surface area contributed by atoms with Crippen LogP contribution in [0.4, 0.5) is 0 Å². The fraction of sp³-hybridized carbons (Fsp3) is 0.611. The van der Waals surface area contributed by atoms with Crippen molar-refractivity contribution in [2.24, 2.45) is 11.8 Å². The molecule has 1 heterocycles. The summed E-state index contributed by atoms with van der Waals surface area (Å²) in [6.45, 7) is 8.96. The van der Waals surface area contributed by atoms with Crippen LogP contribution in [-0.4, -0.2) is 39.6 Å². The van der Waals surface area contributed by atoms with Gasteiger partial charge in [0, 0.05) is 18.3 Å². The highest BCUT2D eigenvalue weighted by atomic mass is 16.5. The van der Waals surface area contributed by atoms with E-state index in [2.05, 4.69) is 13.8 Å². The first-order chi connectivity index (χ1) is 10.6. The number of benzene rings is 1. The Morgan fingerprint density at radius 3 is 2.64 bits per heavy atom. The van der Waals surface area contributed by atoms with E-state index in [1.807, 2.05) is 6.07 Å². The molecule has 122 valence electrons. The van der Waals surface area contributed by atoms with Crippen molar-refractivity contribution in [2.45, 2.75) is 26.7 Å². The Hall–Kier alpha value is -1.55. The molecule has 1 aromatic carbocycles. The van der Waals surface area contributed by atoms with Gasteiger partial charge in [-0.15, -0.1) is 0 Å². The van der Waals surface area contributed by atoms with E-state index in [0.29, 0.717) is 23.7 Å². The summed E-state index contributed by atoms with van der Waals surface area (Å²) >= 11 is 0. The number of ether oxygens (including phenoxy) is 2. The molecule has 0 aromatic heterocycles. The first kappa shape index (κ1) is 16.8. The van der Waals surface area contributed by atoms with E-state index < -0.39 is 0 Å². The van der Waals surface area contributed by atoms with E-state index in [0.717, 1.165) is 31.1 Å². The second kappa shape index (κ2) is 8.18. The minimum atomic E-state index is 0.548. The molecule has 22 heavy (non-hydrogen) atoms. The lowest BCUT2D eigenvalue weighted by atomic mass is 9.92. The smallest absolute Gasteiger partial charge is 0.171 e. The molecule has 2 rings (SSSR count). The van der Waals surface area contributed by atoms with E-state index >= 15 is 0 Å². The van der Waals surface area contributed by atoms with Gasteiger partial charge in [0.05, 0.1) is 38.9 Å². The van der Waals surface area contributed by atoms with Crippen LogP contribution in [0.25, 0.3) is 0 Å². The summed E-state index contributed by atoms with van der Waals surface area (Å²) in [6.07, 6.45) is 3.16. The molecule has 0 spiro atoms. The molecule has 1 aliphatic heterocycles. The maximum absolute atomic E-state index is 11.1. The Bertz CT molecular complexity index is 479. The number of methoxy groups -OCH3 is 1. The van der Waals surface area contributed by atoms with Crippen LogP contribution in [0.15, 0.2) is 18.2 Å². The molecular weight excluding hydrogens is 278 g/mol. The number of quaternary nitrogens is 1. The second-order valence-electron chi connectivity index (χ2n) is 6.55. The van der Waals surface area contributed by atoms with Gasteiger partial charge in [-0.1, -0.05) is 19.9 Å². The molecule has 0 radical (unpaired) electrons. The highest BCUT2D eigenvalue weighted by Gasteiger charge is 2.24. The monoisotopic (exact) mass is 306 g/mol. The highest BCUT2D eigenvalue weighted by molar-refractivity contribution is 5.81. The molecule has 1 aromatic rings. The van der Waals surface area contributed by atoms with Gasteiger partial charge in [0.15, 0.2) is 17.8 Å². The summed E-state index contributed by atoms with van der Waals surface area (Å²) in [7, 11) is 1.59. The maximum atomic E-state index is 11.1. The number of carbonyl (C=O) groups excluding carboxylic acids is 1. The number of hydrogen-bond acceptors (Lipinski definition) is 3. The molecule has 1 saturated heterocycles.